The number of rotatable bonds is 3. The Kier molecular flexibility index (Phi) is 3.24. The summed E-state index contributed by atoms with van der Waals surface area (Å²) in [6, 6.07) is 6.73. The van der Waals surface area contributed by atoms with Crippen molar-refractivity contribution in [2.45, 2.75) is 19.4 Å². The Morgan fingerprint density at radius 2 is 2.06 bits per heavy atom. The number of nitrogens with two attached hydrogens (primary N) is 1. The van der Waals surface area contributed by atoms with Crippen molar-refractivity contribution in [1.29, 1.82) is 0 Å². The molecule has 0 saturated carbocycles. The fraction of sp³-hybridized carbons (Fsp3) is 0.308. The topological polar surface area (TPSA) is 43.8 Å². The van der Waals surface area contributed by atoms with E-state index in [2.05, 4.69) is 5.10 Å². The van der Waals surface area contributed by atoms with Crippen LogP contribution >= 0.6 is 0 Å². The molecule has 0 amide bonds. The van der Waals surface area contributed by atoms with Gasteiger partial charge in [0.15, 0.2) is 0 Å². The summed E-state index contributed by atoms with van der Waals surface area (Å²) < 4.78 is 15.4. The molecule has 0 aliphatic rings. The quantitative estimate of drug-likeness (QED) is 0.882. The second-order valence-corrected chi connectivity index (χ2v) is 4.32. The third kappa shape index (κ3) is 2.53. The van der Waals surface area contributed by atoms with Crippen LogP contribution in [0.5, 0.6) is 0 Å². The van der Waals surface area contributed by atoms with Crippen molar-refractivity contribution in [3.63, 3.8) is 0 Å². The Hall–Kier alpha value is -1.68. The number of benzene rings is 1. The van der Waals surface area contributed by atoms with Gasteiger partial charge in [-0.3, -0.25) is 4.68 Å². The van der Waals surface area contributed by atoms with Crippen molar-refractivity contribution in [3.8, 4) is 11.1 Å². The molecule has 1 aromatic heterocycles. The second kappa shape index (κ2) is 4.67. The van der Waals surface area contributed by atoms with Crippen LogP contribution in [0.1, 0.15) is 12.6 Å². The predicted molar refractivity (Wildman–Crippen MR) is 66.0 cm³/mol. The van der Waals surface area contributed by atoms with Gasteiger partial charge in [0.2, 0.25) is 0 Å². The van der Waals surface area contributed by atoms with Gasteiger partial charge in [-0.05, 0) is 13.0 Å². The highest BCUT2D eigenvalue weighted by Gasteiger charge is 2.14. The molecule has 1 aromatic carbocycles. The smallest absolute Gasteiger partial charge is 0.131 e. The lowest BCUT2D eigenvalue weighted by Gasteiger charge is -2.05. The molecule has 4 heteroatoms. The van der Waals surface area contributed by atoms with Gasteiger partial charge in [0.05, 0.1) is 5.69 Å². The van der Waals surface area contributed by atoms with Crippen LogP contribution in [-0.4, -0.2) is 15.8 Å². The van der Waals surface area contributed by atoms with Gasteiger partial charge in [-0.25, -0.2) is 4.39 Å². The van der Waals surface area contributed by atoms with E-state index in [4.69, 9.17) is 5.73 Å². The summed E-state index contributed by atoms with van der Waals surface area (Å²) in [6.45, 7) is 1.92. The molecule has 0 aliphatic heterocycles. The van der Waals surface area contributed by atoms with E-state index < -0.39 is 0 Å². The molecule has 90 valence electrons. The van der Waals surface area contributed by atoms with E-state index in [1.807, 2.05) is 26.2 Å². The highest BCUT2D eigenvalue weighted by molar-refractivity contribution is 5.66. The zero-order valence-electron chi connectivity index (χ0n) is 10.0. The van der Waals surface area contributed by atoms with E-state index in [1.165, 1.54) is 6.07 Å². The number of aromatic nitrogens is 2. The lowest BCUT2D eigenvalue weighted by Crippen LogP contribution is -2.18. The van der Waals surface area contributed by atoms with Gasteiger partial charge in [0, 0.05) is 36.8 Å². The summed E-state index contributed by atoms with van der Waals surface area (Å²) in [4.78, 5) is 0. The van der Waals surface area contributed by atoms with Crippen LogP contribution in [0.2, 0.25) is 0 Å². The fourth-order valence-electron chi connectivity index (χ4n) is 1.89. The molecule has 2 rings (SSSR count). The zero-order valence-corrected chi connectivity index (χ0v) is 10.0. The molecule has 2 N–H and O–H groups in total. The zero-order chi connectivity index (χ0) is 12.4. The molecule has 0 spiro atoms. The third-order valence-electron chi connectivity index (χ3n) is 2.58. The maximum Gasteiger partial charge on any atom is 0.131 e. The van der Waals surface area contributed by atoms with Gasteiger partial charge in [0.25, 0.3) is 0 Å². The highest BCUT2D eigenvalue weighted by atomic mass is 19.1. The Balaban J connectivity index is 2.48. The highest BCUT2D eigenvalue weighted by Crippen LogP contribution is 2.26. The first-order chi connectivity index (χ1) is 8.08. The molecule has 0 bridgehead atoms. The third-order valence-corrected chi connectivity index (χ3v) is 2.58. The van der Waals surface area contributed by atoms with Crippen molar-refractivity contribution in [1.82, 2.24) is 9.78 Å². The summed E-state index contributed by atoms with van der Waals surface area (Å²) >= 11 is 0. The van der Waals surface area contributed by atoms with Crippen molar-refractivity contribution < 1.29 is 4.39 Å². The first kappa shape index (κ1) is 11.8. The summed E-state index contributed by atoms with van der Waals surface area (Å²) in [5, 5.41) is 4.34. The van der Waals surface area contributed by atoms with E-state index in [0.717, 1.165) is 11.3 Å². The Morgan fingerprint density at radius 3 is 2.71 bits per heavy atom. The lowest BCUT2D eigenvalue weighted by atomic mass is 10.0. The van der Waals surface area contributed by atoms with Crippen molar-refractivity contribution in [2.75, 3.05) is 0 Å². The Morgan fingerprint density at radius 1 is 1.35 bits per heavy atom. The first-order valence-electron chi connectivity index (χ1n) is 5.61. The molecule has 0 radical (unpaired) electrons. The van der Waals surface area contributed by atoms with Crippen LogP contribution < -0.4 is 5.73 Å². The number of aryl methyl sites for hydroxylation is 1. The largest absolute Gasteiger partial charge is 0.328 e. The summed E-state index contributed by atoms with van der Waals surface area (Å²) in [6.07, 6.45) is 2.47. The SMILES string of the molecule is CC(N)Cc1nn(C)cc1-c1ccccc1F. The van der Waals surface area contributed by atoms with Crippen LogP contribution in [0.3, 0.4) is 0 Å². The number of nitrogens with zero attached hydrogens (tertiary/aromatic N) is 2. The number of hydrogen-bond donors (Lipinski definition) is 1. The van der Waals surface area contributed by atoms with Gasteiger partial charge in [-0.1, -0.05) is 18.2 Å². The summed E-state index contributed by atoms with van der Waals surface area (Å²) in [5.74, 6) is -0.230. The second-order valence-electron chi connectivity index (χ2n) is 4.32. The maximum atomic E-state index is 13.7. The Bertz CT molecular complexity index is 517. The molecule has 0 saturated heterocycles. The van der Waals surface area contributed by atoms with Gasteiger partial charge in [0.1, 0.15) is 5.82 Å². The van der Waals surface area contributed by atoms with Crippen LogP contribution in [-0.2, 0) is 13.5 Å². The monoisotopic (exact) mass is 233 g/mol. The van der Waals surface area contributed by atoms with Crippen molar-refractivity contribution >= 4 is 0 Å². The first-order valence-corrected chi connectivity index (χ1v) is 5.61. The van der Waals surface area contributed by atoms with Crippen LogP contribution in [0.15, 0.2) is 30.5 Å². The molecule has 1 heterocycles. The average molecular weight is 233 g/mol. The minimum absolute atomic E-state index is 0.00965. The average Bonchev–Trinajstić information content (AvgIpc) is 2.59. The van der Waals surface area contributed by atoms with Gasteiger partial charge >= 0.3 is 0 Å². The van der Waals surface area contributed by atoms with Crippen LogP contribution in [0.25, 0.3) is 11.1 Å². The molecule has 1 atom stereocenters. The molecule has 2 aromatic rings. The summed E-state index contributed by atoms with van der Waals surface area (Å²) in [5.41, 5.74) is 8.02. The van der Waals surface area contributed by atoms with Crippen molar-refractivity contribution in [2.24, 2.45) is 12.8 Å². The van der Waals surface area contributed by atoms with Crippen LogP contribution in [0, 0.1) is 5.82 Å². The van der Waals surface area contributed by atoms with E-state index in [-0.39, 0.29) is 11.9 Å². The number of hydrogen-bond acceptors (Lipinski definition) is 2. The molecular weight excluding hydrogens is 217 g/mol. The molecule has 0 aliphatic carbocycles. The van der Waals surface area contributed by atoms with E-state index in [1.54, 1.807) is 16.8 Å². The molecule has 1 unspecified atom stereocenters. The number of halogens is 1. The van der Waals surface area contributed by atoms with Gasteiger partial charge in [-0.15, -0.1) is 0 Å². The van der Waals surface area contributed by atoms with Crippen LogP contribution in [0.4, 0.5) is 4.39 Å². The molecule has 0 fully saturated rings. The van der Waals surface area contributed by atoms with Gasteiger partial charge < -0.3 is 5.73 Å². The minimum Gasteiger partial charge on any atom is -0.328 e. The molecule has 17 heavy (non-hydrogen) atoms. The van der Waals surface area contributed by atoms with E-state index in [0.29, 0.717) is 12.0 Å². The Labute approximate surface area is 100 Å². The minimum atomic E-state index is -0.230. The normalized spacial score (nSPS) is 12.7. The summed E-state index contributed by atoms with van der Waals surface area (Å²) in [7, 11) is 1.83. The van der Waals surface area contributed by atoms with Crippen molar-refractivity contribution in [3.05, 3.63) is 42.0 Å². The maximum absolute atomic E-state index is 13.7. The lowest BCUT2D eigenvalue weighted by molar-refractivity contribution is 0.630. The van der Waals surface area contributed by atoms with E-state index >= 15 is 0 Å². The fourth-order valence-corrected chi connectivity index (χ4v) is 1.89. The molecule has 3 nitrogen and oxygen atoms in total. The predicted octanol–water partition coefficient (Wildman–Crippen LogP) is 2.12. The standard InChI is InChI=1S/C13H16FN3/c1-9(15)7-13-11(8-17(2)16-13)10-5-3-4-6-12(10)14/h3-6,8-9H,7,15H2,1-2H3. The van der Waals surface area contributed by atoms with E-state index in [9.17, 15) is 4.39 Å². The van der Waals surface area contributed by atoms with Gasteiger partial charge in [-0.2, -0.15) is 5.10 Å². The molecular formula is C13H16FN3.